The molecule has 0 unspecified atom stereocenters. The van der Waals surface area contributed by atoms with Crippen LogP contribution in [0.1, 0.15) is 126 Å². The van der Waals surface area contributed by atoms with Crippen LogP contribution in [0, 0.1) is 16.7 Å². The number of methoxy groups -OCH3 is 2. The van der Waals surface area contributed by atoms with Crippen LogP contribution in [-0.2, 0) is 71.2 Å². The Kier molecular flexibility index (Phi) is 18.3. The fourth-order valence-electron chi connectivity index (χ4n) is 15.4. The van der Waals surface area contributed by atoms with Gasteiger partial charge in [-0.05, 0) is 91.9 Å². The van der Waals surface area contributed by atoms with Crippen molar-refractivity contribution >= 4 is 11.8 Å². The lowest BCUT2D eigenvalue weighted by Gasteiger charge is -2.67. The van der Waals surface area contributed by atoms with Crippen LogP contribution in [0.25, 0.3) is 0 Å². The summed E-state index contributed by atoms with van der Waals surface area (Å²) in [5.41, 5.74) is -6.90. The van der Waals surface area contributed by atoms with E-state index in [-0.39, 0.29) is 51.0 Å². The minimum Gasteiger partial charge on any atom is -0.462 e. The zero-order chi connectivity index (χ0) is 57.5. The summed E-state index contributed by atoms with van der Waals surface area (Å²) in [4.78, 5) is 25.6. The number of rotatable bonds is 15. The van der Waals surface area contributed by atoms with Gasteiger partial charge in [-0.2, -0.15) is 0 Å². The lowest BCUT2D eigenvalue weighted by molar-refractivity contribution is -0.357. The van der Waals surface area contributed by atoms with Crippen LogP contribution in [0.15, 0.2) is 11.6 Å². The molecule has 9 aliphatic rings. The fraction of sp³-hybridized carbons (Fsp3) is 0.927. The van der Waals surface area contributed by atoms with E-state index in [9.17, 15) is 55.5 Å². The molecule has 5 aliphatic heterocycles. The quantitative estimate of drug-likeness (QED) is 0.0773. The lowest BCUT2D eigenvalue weighted by atomic mass is 9.42. The molecule has 29 atom stereocenters. The lowest BCUT2D eigenvalue weighted by Crippen LogP contribution is -2.78. The summed E-state index contributed by atoms with van der Waals surface area (Å²) >= 11 is 0. The van der Waals surface area contributed by atoms with Crippen molar-refractivity contribution in [1.29, 1.82) is 0 Å². The van der Waals surface area contributed by atoms with Crippen molar-refractivity contribution < 1.29 is 117 Å². The van der Waals surface area contributed by atoms with E-state index in [0.717, 1.165) is 5.57 Å². The molecule has 0 radical (unpaired) electrons. The van der Waals surface area contributed by atoms with E-state index < -0.39 is 187 Å². The third kappa shape index (κ3) is 10.8. The first-order chi connectivity index (χ1) is 37.2. The van der Waals surface area contributed by atoms with E-state index in [1.807, 2.05) is 13.0 Å². The number of hydrogen-bond acceptors (Lipinski definition) is 24. The molecule has 0 amide bonds. The van der Waals surface area contributed by atoms with Gasteiger partial charge in [-0.15, -0.1) is 0 Å². The van der Waals surface area contributed by atoms with E-state index in [1.54, 1.807) is 34.8 Å². The van der Waals surface area contributed by atoms with Gasteiger partial charge in [0, 0.05) is 52.7 Å². The number of aliphatic hydroxyl groups is 9. The van der Waals surface area contributed by atoms with Gasteiger partial charge >= 0.3 is 5.97 Å². The van der Waals surface area contributed by atoms with E-state index in [0.29, 0.717) is 25.7 Å². The van der Waals surface area contributed by atoms with Gasteiger partial charge < -0.3 is 108 Å². The largest absolute Gasteiger partial charge is 0.462 e. The maximum atomic E-state index is 13.1. The Balaban J connectivity index is 0.750. The third-order valence-electron chi connectivity index (χ3n) is 20.0. The SMILES string of the molecule is CO[C@@H]1C[C@H](O[C@@H]2CC[C@@]3(C)C(=CC[C@@]4(O)[C@@H]3C[C@@H](OC(C)=O)[C@@]3(C)[C@@]4(O)CC[C@@]3(O)C(C)=O)C2)O[C@H](C)[C@H]1O[C@H]1C[C@@H](O)[C@H](O[C@H]2C[C@@H](O)[C@H](O[C@H]3C[C@@H](OC)[C@H](O[C@H]4O[C@@H](CO)[C@H](O)[C@@H](O)[C@@H]4O)[C@@H](C)O3)[C@@H](C)O2)[C@@H](C)O1. The smallest absolute Gasteiger partial charge is 0.302 e. The molecule has 24 nitrogen and oxygen atoms in total. The number of fused-ring (bicyclic) bond motifs is 5. The second kappa shape index (κ2) is 23.5. The summed E-state index contributed by atoms with van der Waals surface area (Å²) in [5.74, 6) is -1.71. The Morgan fingerprint density at radius 2 is 1.14 bits per heavy atom. The summed E-state index contributed by atoms with van der Waals surface area (Å²) in [6, 6.07) is 0. The van der Waals surface area contributed by atoms with E-state index in [4.69, 9.17) is 61.6 Å². The highest BCUT2D eigenvalue weighted by molar-refractivity contribution is 5.87. The van der Waals surface area contributed by atoms with E-state index in [1.165, 1.54) is 21.0 Å². The fourth-order valence-corrected chi connectivity index (χ4v) is 15.4. The number of hydrogen-bond donors (Lipinski definition) is 9. The van der Waals surface area contributed by atoms with E-state index in [2.05, 4.69) is 6.92 Å². The summed E-state index contributed by atoms with van der Waals surface area (Å²) in [5, 5.41) is 101. The van der Waals surface area contributed by atoms with Crippen molar-refractivity contribution in [3.05, 3.63) is 11.6 Å². The Morgan fingerprint density at radius 3 is 1.65 bits per heavy atom. The average Bonchev–Trinajstić information content (AvgIpc) is 3.93. The number of Topliss-reactive ketones (excluding diaryl/α,β-unsaturated/α-hetero) is 1. The zero-order valence-electron chi connectivity index (χ0n) is 47.1. The van der Waals surface area contributed by atoms with Crippen LogP contribution in [0.4, 0.5) is 0 Å². The Bertz CT molecular complexity index is 2150. The molecular weight excluding hydrogens is 1040 g/mol. The zero-order valence-corrected chi connectivity index (χ0v) is 47.1. The Hall–Kier alpha value is -1.96. The van der Waals surface area contributed by atoms with Gasteiger partial charge in [-0.3, -0.25) is 9.59 Å². The average molecular weight is 1130 g/mol. The topological polar surface area (TPSA) is 336 Å². The number of ketones is 1. The second-order valence-electron chi connectivity index (χ2n) is 24.5. The first-order valence-corrected chi connectivity index (χ1v) is 28.3. The maximum absolute atomic E-state index is 13.1. The first-order valence-electron chi connectivity index (χ1n) is 28.3. The maximum Gasteiger partial charge on any atom is 0.302 e. The van der Waals surface area contributed by atoms with Gasteiger partial charge in [0.05, 0.1) is 67.0 Å². The molecule has 0 bridgehead atoms. The standard InChI is InChI=1S/C55H88O24/c1-24-46(76-39-18-32(59)47(25(2)69-39)77-42-21-35(68-10)49(27(4)72-42)79-50-45(63)44(62)43(61)36(23-56)75-50)33(60)19-40(70-24)78-48-26(3)71-41(20-34(48)67-9)74-31-12-13-51(7)30(17-31)11-14-54(65)37(51)22-38(73-29(6)58)52(8)53(64,28(5)57)15-16-55(52,54)66/h11,24-27,31-50,56,59-66H,12-23H2,1-10H3/t24-,25-,26-,27-,31-,32-,33-,34-,35-,36+,37-,38-,39+,40+,41+,42+,43+,44-,45+,46-,47-,48-,49-,50-,51+,52-,53-,54-,55+/m1/s1. The normalized spacial score (nSPS) is 53.0. The highest BCUT2D eigenvalue weighted by Gasteiger charge is 2.81. The van der Waals surface area contributed by atoms with Gasteiger partial charge in [-0.25, -0.2) is 0 Å². The van der Waals surface area contributed by atoms with E-state index >= 15 is 0 Å². The van der Waals surface area contributed by atoms with Gasteiger partial charge in [0.1, 0.15) is 71.7 Å². The Morgan fingerprint density at radius 1 is 0.633 bits per heavy atom. The molecule has 0 aromatic rings. The number of aliphatic hydroxyl groups excluding tert-OH is 6. The molecule has 79 heavy (non-hydrogen) atoms. The first kappa shape index (κ1) is 61.6. The molecule has 0 aromatic carbocycles. The number of carbonyl (C=O) groups is 2. The van der Waals surface area contributed by atoms with Gasteiger partial charge in [0.2, 0.25) is 0 Å². The van der Waals surface area contributed by atoms with Gasteiger partial charge in [0.25, 0.3) is 0 Å². The van der Waals surface area contributed by atoms with Crippen LogP contribution in [0.5, 0.6) is 0 Å². The van der Waals surface area contributed by atoms with Crippen molar-refractivity contribution in [3.63, 3.8) is 0 Å². The molecule has 4 aliphatic carbocycles. The van der Waals surface area contributed by atoms with Gasteiger partial charge in [0.15, 0.2) is 37.2 Å². The number of carbonyl (C=O) groups excluding carboxylic acids is 2. The van der Waals surface area contributed by atoms with Crippen molar-refractivity contribution in [2.45, 2.75) is 284 Å². The molecule has 0 aromatic heterocycles. The highest BCUT2D eigenvalue weighted by atomic mass is 16.8. The third-order valence-corrected chi connectivity index (χ3v) is 20.0. The molecule has 5 saturated heterocycles. The van der Waals surface area contributed by atoms with Crippen molar-refractivity contribution in [2.24, 2.45) is 16.7 Å². The molecular formula is C55H88O24. The minimum atomic E-state index is -2.01. The number of ether oxygens (including phenoxy) is 13. The summed E-state index contributed by atoms with van der Waals surface area (Å²) in [6.45, 7) is 12.6. The predicted octanol–water partition coefficient (Wildman–Crippen LogP) is 0.0580. The summed E-state index contributed by atoms with van der Waals surface area (Å²) in [7, 11) is 3.05. The van der Waals surface area contributed by atoms with Crippen LogP contribution in [0.3, 0.4) is 0 Å². The minimum absolute atomic E-state index is 0.00188. The molecule has 3 saturated carbocycles. The molecule has 5 heterocycles. The second-order valence-corrected chi connectivity index (χ2v) is 24.5. The molecule has 9 N–H and O–H groups in total. The molecule has 0 spiro atoms. The molecule has 9 rings (SSSR count). The van der Waals surface area contributed by atoms with Crippen LogP contribution in [-0.4, -0.2) is 237 Å². The summed E-state index contributed by atoms with van der Waals surface area (Å²) < 4.78 is 79.9. The van der Waals surface area contributed by atoms with Gasteiger partial charge in [-0.1, -0.05) is 18.6 Å². The van der Waals surface area contributed by atoms with Crippen molar-refractivity contribution in [3.8, 4) is 0 Å². The predicted molar refractivity (Wildman–Crippen MR) is 269 cm³/mol. The molecule has 24 heteroatoms. The highest BCUT2D eigenvalue weighted by Crippen LogP contribution is 2.71. The molecule has 8 fully saturated rings. The summed E-state index contributed by atoms with van der Waals surface area (Å²) in [6.07, 6.45) is -16.6. The van der Waals surface area contributed by atoms with Crippen LogP contribution >= 0.6 is 0 Å². The monoisotopic (exact) mass is 1130 g/mol. The van der Waals surface area contributed by atoms with Crippen molar-refractivity contribution in [1.82, 2.24) is 0 Å². The number of esters is 1. The van der Waals surface area contributed by atoms with Crippen molar-refractivity contribution in [2.75, 3.05) is 20.8 Å². The Labute approximate surface area is 461 Å². The van der Waals surface area contributed by atoms with Crippen LogP contribution in [0.2, 0.25) is 0 Å². The van der Waals surface area contributed by atoms with Crippen LogP contribution < -0.4 is 0 Å². The molecule has 452 valence electrons.